The smallest absolute Gasteiger partial charge is 0.408 e. The van der Waals surface area contributed by atoms with Crippen LogP contribution in [0.1, 0.15) is 28.8 Å². The lowest BCUT2D eigenvalue weighted by Gasteiger charge is -2.34. The quantitative estimate of drug-likeness (QED) is 0.525. The second kappa shape index (κ2) is 9.90. The lowest BCUT2D eigenvalue weighted by atomic mass is 10.1. The monoisotopic (exact) mass is 475 g/mol. The molecule has 2 heterocycles. The van der Waals surface area contributed by atoms with Crippen molar-refractivity contribution in [2.45, 2.75) is 19.3 Å². The van der Waals surface area contributed by atoms with Gasteiger partial charge in [0.1, 0.15) is 0 Å². The molecule has 1 N–H and O–H groups in total. The van der Waals surface area contributed by atoms with E-state index in [4.69, 9.17) is 27.6 Å². The number of hydrogen-bond acceptors (Lipinski definition) is 5. The number of rotatable bonds is 7. The van der Waals surface area contributed by atoms with Crippen LogP contribution in [0.5, 0.6) is 0 Å². The zero-order valence-electron chi connectivity index (χ0n) is 17.4. The number of aromatic nitrogens is 1. The number of nitrogens with one attached hydrogen (secondary N) is 1. The molecule has 7 nitrogen and oxygen atoms in total. The highest BCUT2D eigenvalue weighted by atomic mass is 35.5. The Bertz CT molecular complexity index is 1200. The number of aromatic amines is 1. The van der Waals surface area contributed by atoms with Crippen LogP contribution in [0, 0.1) is 0 Å². The molecule has 4 rings (SSSR count). The van der Waals surface area contributed by atoms with Crippen molar-refractivity contribution < 1.29 is 14.0 Å². The van der Waals surface area contributed by atoms with Crippen LogP contribution in [0.25, 0.3) is 11.1 Å². The van der Waals surface area contributed by atoms with E-state index >= 15 is 0 Å². The fraction of sp³-hybridized carbons (Fsp3) is 0.348. The largest absolute Gasteiger partial charge is 0.417 e. The molecule has 1 aliphatic rings. The van der Waals surface area contributed by atoms with Gasteiger partial charge in [0, 0.05) is 61.2 Å². The molecule has 1 saturated heterocycles. The molecule has 0 radical (unpaired) electrons. The Labute approximate surface area is 194 Å². The highest BCUT2D eigenvalue weighted by Crippen LogP contribution is 2.22. The first-order valence-electron chi connectivity index (χ1n) is 10.5. The van der Waals surface area contributed by atoms with Crippen LogP contribution in [0.4, 0.5) is 0 Å². The molecule has 1 amide bonds. The molecule has 2 aromatic carbocycles. The molecule has 168 valence electrons. The third-order valence-corrected chi connectivity index (χ3v) is 6.33. The van der Waals surface area contributed by atoms with Crippen molar-refractivity contribution in [2.24, 2.45) is 0 Å². The SMILES string of the molecule is O=C(CCN1CCN(C(=O)CCc2ccc(Cl)cc2Cl)CC1)c1ccc2[nH]c(=O)oc2c1. The first-order chi connectivity index (χ1) is 15.4. The number of nitrogens with zero attached hydrogens (tertiary/aromatic N) is 2. The van der Waals surface area contributed by atoms with Crippen LogP contribution < -0.4 is 5.76 Å². The van der Waals surface area contributed by atoms with Crippen LogP contribution in [0.15, 0.2) is 45.6 Å². The number of H-pyrrole nitrogens is 1. The summed E-state index contributed by atoms with van der Waals surface area (Å²) in [6.45, 7) is 3.36. The number of halogens is 2. The third-order valence-electron chi connectivity index (χ3n) is 5.75. The summed E-state index contributed by atoms with van der Waals surface area (Å²) in [6.07, 6.45) is 1.34. The Balaban J connectivity index is 1.22. The number of amides is 1. The van der Waals surface area contributed by atoms with Crippen molar-refractivity contribution in [1.82, 2.24) is 14.8 Å². The normalized spacial score (nSPS) is 14.8. The number of carbonyl (C=O) groups is 2. The summed E-state index contributed by atoms with van der Waals surface area (Å²) in [5, 5.41) is 1.16. The van der Waals surface area contributed by atoms with Crippen LogP contribution in [-0.2, 0) is 11.2 Å². The number of benzene rings is 2. The predicted octanol–water partition coefficient (Wildman–Crippen LogP) is 3.78. The van der Waals surface area contributed by atoms with E-state index < -0.39 is 5.76 Å². The summed E-state index contributed by atoms with van der Waals surface area (Å²) >= 11 is 12.1. The number of Topliss-reactive ketones (excluding diaryl/α,β-unsaturated/α-hetero) is 1. The zero-order chi connectivity index (χ0) is 22.7. The maximum Gasteiger partial charge on any atom is 0.417 e. The first kappa shape index (κ1) is 22.6. The number of carbonyl (C=O) groups excluding carboxylic acids is 2. The van der Waals surface area contributed by atoms with Gasteiger partial charge in [-0.05, 0) is 42.3 Å². The van der Waals surface area contributed by atoms with Crippen molar-refractivity contribution >= 4 is 46.0 Å². The second-order valence-corrected chi connectivity index (χ2v) is 8.70. The van der Waals surface area contributed by atoms with E-state index in [0.717, 1.165) is 18.7 Å². The summed E-state index contributed by atoms with van der Waals surface area (Å²) in [7, 11) is 0. The topological polar surface area (TPSA) is 86.6 Å². The number of fused-ring (bicyclic) bond motifs is 1. The van der Waals surface area contributed by atoms with Crippen molar-refractivity contribution in [1.29, 1.82) is 0 Å². The molecule has 1 fully saturated rings. The Morgan fingerprint density at radius 1 is 1.00 bits per heavy atom. The molecule has 0 unspecified atom stereocenters. The van der Waals surface area contributed by atoms with Gasteiger partial charge in [-0.15, -0.1) is 0 Å². The minimum Gasteiger partial charge on any atom is -0.408 e. The van der Waals surface area contributed by atoms with Gasteiger partial charge in [0.05, 0.1) is 5.52 Å². The van der Waals surface area contributed by atoms with Gasteiger partial charge in [0.15, 0.2) is 11.4 Å². The van der Waals surface area contributed by atoms with E-state index in [1.807, 2.05) is 11.0 Å². The Morgan fingerprint density at radius 3 is 2.53 bits per heavy atom. The molecule has 1 aliphatic heterocycles. The van der Waals surface area contributed by atoms with Gasteiger partial charge >= 0.3 is 5.76 Å². The van der Waals surface area contributed by atoms with Gasteiger partial charge in [-0.1, -0.05) is 29.3 Å². The minimum atomic E-state index is -0.534. The summed E-state index contributed by atoms with van der Waals surface area (Å²) in [6, 6.07) is 10.3. The molecule has 0 bridgehead atoms. The van der Waals surface area contributed by atoms with Gasteiger partial charge in [0.2, 0.25) is 5.91 Å². The van der Waals surface area contributed by atoms with E-state index in [2.05, 4.69) is 9.88 Å². The average Bonchev–Trinajstić information content (AvgIpc) is 3.16. The van der Waals surface area contributed by atoms with E-state index in [1.165, 1.54) is 0 Å². The van der Waals surface area contributed by atoms with E-state index in [1.54, 1.807) is 30.3 Å². The van der Waals surface area contributed by atoms with Crippen molar-refractivity contribution in [3.05, 3.63) is 68.1 Å². The average molecular weight is 476 g/mol. The fourth-order valence-corrected chi connectivity index (χ4v) is 4.37. The standard InChI is InChI=1S/C23H23Cl2N3O4/c24-17-4-1-15(18(25)14-17)3-6-22(30)28-11-9-27(10-12-28)8-7-20(29)16-2-5-19-21(13-16)32-23(31)26-19/h1-2,4-5,13-14H,3,6-12H2,(H,26,31). The molecule has 0 saturated carbocycles. The molecule has 9 heteroatoms. The number of piperazine rings is 1. The Hall–Kier alpha value is -2.61. The van der Waals surface area contributed by atoms with Crippen molar-refractivity contribution in [3.63, 3.8) is 0 Å². The molecule has 3 aromatic rings. The zero-order valence-corrected chi connectivity index (χ0v) is 18.9. The summed E-state index contributed by atoms with van der Waals surface area (Å²) in [5.41, 5.74) is 2.40. The molecular formula is C23H23Cl2N3O4. The number of ketones is 1. The summed E-state index contributed by atoms with van der Waals surface area (Å²) < 4.78 is 5.02. The van der Waals surface area contributed by atoms with Gasteiger partial charge in [-0.3, -0.25) is 19.5 Å². The molecule has 1 aromatic heterocycles. The van der Waals surface area contributed by atoms with E-state index in [0.29, 0.717) is 65.6 Å². The fourth-order valence-electron chi connectivity index (χ4n) is 3.87. The highest BCUT2D eigenvalue weighted by Gasteiger charge is 2.21. The maximum atomic E-state index is 12.6. The third kappa shape index (κ3) is 5.41. The Morgan fingerprint density at radius 2 is 1.78 bits per heavy atom. The van der Waals surface area contributed by atoms with Gasteiger partial charge in [0.25, 0.3) is 0 Å². The number of aryl methyl sites for hydroxylation is 1. The van der Waals surface area contributed by atoms with Crippen LogP contribution in [0.2, 0.25) is 10.0 Å². The molecule has 0 aliphatic carbocycles. The second-order valence-electron chi connectivity index (χ2n) is 7.86. The lowest BCUT2D eigenvalue weighted by molar-refractivity contribution is -0.132. The molecule has 0 spiro atoms. The summed E-state index contributed by atoms with van der Waals surface area (Å²) in [5.74, 6) is -0.435. The maximum absolute atomic E-state index is 12.6. The van der Waals surface area contributed by atoms with Crippen molar-refractivity contribution in [2.75, 3.05) is 32.7 Å². The number of oxazole rings is 1. The van der Waals surface area contributed by atoms with Crippen LogP contribution in [-0.4, -0.2) is 59.2 Å². The van der Waals surface area contributed by atoms with Gasteiger partial charge in [-0.2, -0.15) is 0 Å². The van der Waals surface area contributed by atoms with Crippen molar-refractivity contribution in [3.8, 4) is 0 Å². The predicted molar refractivity (Wildman–Crippen MR) is 124 cm³/mol. The Kier molecular flexibility index (Phi) is 6.98. The van der Waals surface area contributed by atoms with Gasteiger partial charge in [-0.25, -0.2) is 4.79 Å². The van der Waals surface area contributed by atoms with Crippen LogP contribution >= 0.6 is 23.2 Å². The first-order valence-corrected chi connectivity index (χ1v) is 11.2. The lowest BCUT2D eigenvalue weighted by Crippen LogP contribution is -2.49. The molecule has 32 heavy (non-hydrogen) atoms. The van der Waals surface area contributed by atoms with E-state index in [9.17, 15) is 14.4 Å². The number of hydrogen-bond donors (Lipinski definition) is 1. The van der Waals surface area contributed by atoms with Gasteiger partial charge < -0.3 is 9.32 Å². The highest BCUT2D eigenvalue weighted by molar-refractivity contribution is 6.35. The molecular weight excluding hydrogens is 453 g/mol. The molecule has 0 atom stereocenters. The summed E-state index contributed by atoms with van der Waals surface area (Å²) in [4.78, 5) is 43.0. The van der Waals surface area contributed by atoms with Crippen LogP contribution in [0.3, 0.4) is 0 Å². The van der Waals surface area contributed by atoms with E-state index in [-0.39, 0.29) is 11.7 Å². The minimum absolute atomic E-state index is 0.00546.